The second-order valence-electron chi connectivity index (χ2n) is 5.32. The van der Waals surface area contributed by atoms with E-state index in [2.05, 4.69) is 5.16 Å². The Morgan fingerprint density at radius 2 is 1.88 bits per heavy atom. The summed E-state index contributed by atoms with van der Waals surface area (Å²) in [7, 11) is -3.74. The van der Waals surface area contributed by atoms with E-state index in [1.54, 1.807) is 24.3 Å². The lowest BCUT2D eigenvalue weighted by Gasteiger charge is -2.11. The summed E-state index contributed by atoms with van der Waals surface area (Å²) in [6, 6.07) is 13.5. The number of oxime groups is 1. The molecule has 1 aliphatic heterocycles. The monoisotopic (exact) mass is 346 g/mol. The summed E-state index contributed by atoms with van der Waals surface area (Å²) in [4.78, 5) is 16.1. The van der Waals surface area contributed by atoms with Crippen LogP contribution in [0.5, 0.6) is 0 Å². The van der Waals surface area contributed by atoms with Gasteiger partial charge < -0.3 is 9.94 Å². The largest absolute Gasteiger partial charge is 0.477 e. The fraction of sp³-hybridized carbons (Fsp3) is 0.125. The number of nitrogens with two attached hydrogens (primary N) is 1. The van der Waals surface area contributed by atoms with Crippen LogP contribution in [0.2, 0.25) is 0 Å². The Labute approximate surface area is 138 Å². The van der Waals surface area contributed by atoms with E-state index in [1.807, 2.05) is 12.1 Å². The van der Waals surface area contributed by atoms with Gasteiger partial charge in [0, 0.05) is 0 Å². The molecule has 3 N–H and O–H groups in total. The van der Waals surface area contributed by atoms with E-state index in [4.69, 9.17) is 15.1 Å². The van der Waals surface area contributed by atoms with Crippen LogP contribution in [-0.2, 0) is 19.7 Å². The van der Waals surface area contributed by atoms with E-state index in [0.29, 0.717) is 0 Å². The molecule has 0 radical (unpaired) electrons. The first-order valence-electron chi connectivity index (χ1n) is 7.02. The van der Waals surface area contributed by atoms with Crippen molar-refractivity contribution < 1.29 is 23.2 Å². The Kier molecular flexibility index (Phi) is 4.08. The summed E-state index contributed by atoms with van der Waals surface area (Å²) in [6.07, 6.45) is 0. The van der Waals surface area contributed by atoms with E-state index in [9.17, 15) is 13.2 Å². The molecule has 3 rings (SSSR count). The van der Waals surface area contributed by atoms with Gasteiger partial charge in [-0.1, -0.05) is 41.6 Å². The van der Waals surface area contributed by atoms with Crippen molar-refractivity contribution in [1.29, 1.82) is 0 Å². The van der Waals surface area contributed by atoms with E-state index in [0.717, 1.165) is 16.7 Å². The van der Waals surface area contributed by atoms with Crippen LogP contribution in [0.15, 0.2) is 58.6 Å². The highest BCUT2D eigenvalue weighted by Crippen LogP contribution is 2.28. The number of primary sulfonamides is 1. The van der Waals surface area contributed by atoms with Crippen LogP contribution in [0.4, 0.5) is 0 Å². The lowest BCUT2D eigenvalue weighted by Crippen LogP contribution is -2.20. The van der Waals surface area contributed by atoms with Crippen LogP contribution in [-0.4, -0.2) is 31.8 Å². The summed E-state index contributed by atoms with van der Waals surface area (Å²) in [5.74, 6) is -1.55. The van der Waals surface area contributed by atoms with Crippen molar-refractivity contribution in [2.45, 2.75) is 10.8 Å². The molecule has 1 heterocycles. The normalized spacial score (nSPS) is 17.2. The van der Waals surface area contributed by atoms with E-state index >= 15 is 0 Å². The molecule has 8 heteroatoms. The zero-order valence-corrected chi connectivity index (χ0v) is 13.2. The number of carbonyl (C=O) groups is 1. The third-order valence-corrected chi connectivity index (χ3v) is 4.69. The average Bonchev–Trinajstić information content (AvgIpc) is 3.04. The van der Waals surface area contributed by atoms with E-state index in [1.165, 1.54) is 12.1 Å². The molecule has 0 fully saturated rings. The first-order valence-corrected chi connectivity index (χ1v) is 8.57. The van der Waals surface area contributed by atoms with Crippen molar-refractivity contribution in [3.63, 3.8) is 0 Å². The third kappa shape index (κ3) is 3.15. The SMILES string of the molecule is NS(=O)(=O)c1ccc(-c2cccc(C3CON=C3C(=O)O)c2)cc1. The van der Waals surface area contributed by atoms with Gasteiger partial charge in [0.05, 0.1) is 10.8 Å². The molecule has 0 aromatic heterocycles. The summed E-state index contributed by atoms with van der Waals surface area (Å²) in [5, 5.41) is 17.8. The molecule has 0 aliphatic carbocycles. The maximum absolute atomic E-state index is 11.3. The fourth-order valence-electron chi connectivity index (χ4n) is 2.54. The minimum absolute atomic E-state index is 0.0308. The van der Waals surface area contributed by atoms with Crippen molar-refractivity contribution >= 4 is 21.7 Å². The smallest absolute Gasteiger partial charge is 0.354 e. The number of rotatable bonds is 4. The molecule has 2 aromatic rings. The van der Waals surface area contributed by atoms with Crippen LogP contribution in [0, 0.1) is 0 Å². The number of sulfonamides is 1. The standard InChI is InChI=1S/C16H14N2O5S/c17-24(21,22)13-6-4-10(5-7-13)11-2-1-3-12(8-11)14-9-23-18-15(14)16(19)20/h1-8,14H,9H2,(H,19,20)(H2,17,21,22). The van der Waals surface area contributed by atoms with E-state index < -0.39 is 21.9 Å². The maximum Gasteiger partial charge on any atom is 0.354 e. The minimum atomic E-state index is -3.74. The molecule has 1 aliphatic rings. The summed E-state index contributed by atoms with van der Waals surface area (Å²) in [6.45, 7) is 0.176. The quantitative estimate of drug-likeness (QED) is 0.870. The van der Waals surface area contributed by atoms with Crippen molar-refractivity contribution in [1.82, 2.24) is 0 Å². The highest BCUT2D eigenvalue weighted by Gasteiger charge is 2.30. The zero-order chi connectivity index (χ0) is 17.3. The van der Waals surface area contributed by atoms with Gasteiger partial charge in [0.1, 0.15) is 6.61 Å². The van der Waals surface area contributed by atoms with Crippen LogP contribution < -0.4 is 5.14 Å². The Hall–Kier alpha value is -2.71. The first kappa shape index (κ1) is 16.2. The van der Waals surface area contributed by atoms with Gasteiger partial charge >= 0.3 is 5.97 Å². The number of carboxylic acid groups (broad SMARTS) is 1. The molecule has 0 saturated heterocycles. The van der Waals surface area contributed by atoms with Crippen molar-refractivity contribution in [3.05, 3.63) is 54.1 Å². The van der Waals surface area contributed by atoms with E-state index in [-0.39, 0.29) is 17.2 Å². The highest BCUT2D eigenvalue weighted by molar-refractivity contribution is 7.89. The van der Waals surface area contributed by atoms with Crippen LogP contribution >= 0.6 is 0 Å². The molecular formula is C16H14N2O5S. The third-order valence-electron chi connectivity index (χ3n) is 3.76. The zero-order valence-electron chi connectivity index (χ0n) is 12.4. The molecule has 0 bridgehead atoms. The Bertz CT molecular complexity index is 920. The number of carboxylic acids is 1. The van der Waals surface area contributed by atoms with Gasteiger partial charge in [-0.25, -0.2) is 18.4 Å². The summed E-state index contributed by atoms with van der Waals surface area (Å²) < 4.78 is 22.6. The van der Waals surface area contributed by atoms with Gasteiger partial charge in [-0.15, -0.1) is 0 Å². The lowest BCUT2D eigenvalue weighted by molar-refractivity contribution is -0.129. The van der Waals surface area contributed by atoms with Gasteiger partial charge in [-0.05, 0) is 28.8 Å². The number of aliphatic carboxylic acids is 1. The van der Waals surface area contributed by atoms with Gasteiger partial charge in [0.2, 0.25) is 10.0 Å². The second kappa shape index (κ2) is 6.06. The molecule has 2 aromatic carbocycles. The summed E-state index contributed by atoms with van der Waals surface area (Å²) >= 11 is 0. The van der Waals surface area contributed by atoms with Crippen LogP contribution in [0.3, 0.4) is 0 Å². The van der Waals surface area contributed by atoms with Gasteiger partial charge in [0.15, 0.2) is 5.71 Å². The van der Waals surface area contributed by atoms with Crippen LogP contribution in [0.1, 0.15) is 11.5 Å². The number of hydrogen-bond acceptors (Lipinski definition) is 5. The van der Waals surface area contributed by atoms with Gasteiger partial charge in [-0.3, -0.25) is 0 Å². The van der Waals surface area contributed by atoms with Gasteiger partial charge in [-0.2, -0.15) is 0 Å². The number of hydrogen-bond donors (Lipinski definition) is 2. The summed E-state index contributed by atoms with van der Waals surface area (Å²) in [5.41, 5.74) is 2.35. The molecule has 0 amide bonds. The fourth-order valence-corrected chi connectivity index (χ4v) is 3.05. The number of benzene rings is 2. The number of nitrogens with zero attached hydrogens (tertiary/aromatic N) is 1. The second-order valence-corrected chi connectivity index (χ2v) is 6.89. The van der Waals surface area contributed by atoms with Crippen molar-refractivity contribution in [2.75, 3.05) is 6.61 Å². The molecule has 1 unspecified atom stereocenters. The average molecular weight is 346 g/mol. The molecule has 1 atom stereocenters. The molecule has 24 heavy (non-hydrogen) atoms. The van der Waals surface area contributed by atoms with Crippen LogP contribution in [0.25, 0.3) is 11.1 Å². The predicted octanol–water partition coefficient (Wildman–Crippen LogP) is 1.56. The molecule has 124 valence electrons. The maximum atomic E-state index is 11.3. The molecule has 0 spiro atoms. The topological polar surface area (TPSA) is 119 Å². The Morgan fingerprint density at radius 1 is 1.17 bits per heavy atom. The highest BCUT2D eigenvalue weighted by atomic mass is 32.2. The minimum Gasteiger partial charge on any atom is -0.477 e. The Morgan fingerprint density at radius 3 is 2.50 bits per heavy atom. The molecule has 7 nitrogen and oxygen atoms in total. The molecule has 0 saturated carbocycles. The Balaban J connectivity index is 1.94. The lowest BCUT2D eigenvalue weighted by atomic mass is 9.92. The molecular weight excluding hydrogens is 332 g/mol. The first-order chi connectivity index (χ1) is 11.4. The predicted molar refractivity (Wildman–Crippen MR) is 87.0 cm³/mol. The van der Waals surface area contributed by atoms with Crippen molar-refractivity contribution in [2.24, 2.45) is 10.3 Å². The van der Waals surface area contributed by atoms with Crippen molar-refractivity contribution in [3.8, 4) is 11.1 Å². The van der Waals surface area contributed by atoms with Gasteiger partial charge in [0.25, 0.3) is 0 Å².